The van der Waals surface area contributed by atoms with Gasteiger partial charge in [-0.3, -0.25) is 9.59 Å². The molecular weight excluding hydrogens is 326 g/mol. The third kappa shape index (κ3) is 6.13. The van der Waals surface area contributed by atoms with Crippen LogP contribution in [0.25, 0.3) is 0 Å². The number of hydrogen-bond acceptors (Lipinski definition) is 3. The highest BCUT2D eigenvalue weighted by molar-refractivity contribution is 5.94. The van der Waals surface area contributed by atoms with Gasteiger partial charge in [-0.15, -0.1) is 12.4 Å². The highest BCUT2D eigenvalue weighted by Gasteiger charge is 2.24. The molecule has 2 rings (SSSR count). The lowest BCUT2D eigenvalue weighted by molar-refractivity contribution is -0.122. The van der Waals surface area contributed by atoms with Crippen LogP contribution >= 0.6 is 12.4 Å². The number of halogens is 1. The summed E-state index contributed by atoms with van der Waals surface area (Å²) in [6, 6.07) is 7.88. The van der Waals surface area contributed by atoms with E-state index in [1.807, 2.05) is 43.0 Å². The minimum Gasteiger partial charge on any atom is -0.353 e. The highest BCUT2D eigenvalue weighted by atomic mass is 35.5. The van der Waals surface area contributed by atoms with Gasteiger partial charge in [0.05, 0.1) is 0 Å². The van der Waals surface area contributed by atoms with E-state index in [2.05, 4.69) is 5.32 Å². The molecule has 1 atom stereocenters. The van der Waals surface area contributed by atoms with Crippen molar-refractivity contribution in [3.63, 3.8) is 0 Å². The summed E-state index contributed by atoms with van der Waals surface area (Å²) >= 11 is 0. The average Bonchev–Trinajstić information content (AvgIpc) is 2.54. The molecule has 3 N–H and O–H groups in total. The number of nitrogens with one attached hydrogen (secondary N) is 1. The number of carbonyl (C=O) groups is 2. The molecule has 6 heteroatoms. The van der Waals surface area contributed by atoms with Crippen LogP contribution in [0.5, 0.6) is 0 Å². The summed E-state index contributed by atoms with van der Waals surface area (Å²) in [7, 11) is 0. The number of nitrogens with two attached hydrogens (primary N) is 1. The summed E-state index contributed by atoms with van der Waals surface area (Å²) in [5.74, 6) is 0.136. The molecule has 0 saturated carbocycles. The fourth-order valence-electron chi connectivity index (χ4n) is 2.76. The van der Waals surface area contributed by atoms with Crippen LogP contribution in [0.3, 0.4) is 0 Å². The Morgan fingerprint density at radius 1 is 1.25 bits per heavy atom. The van der Waals surface area contributed by atoms with E-state index in [1.54, 1.807) is 0 Å². The summed E-state index contributed by atoms with van der Waals surface area (Å²) in [6.45, 7) is 5.28. The van der Waals surface area contributed by atoms with Gasteiger partial charge in [-0.1, -0.05) is 17.7 Å². The molecule has 134 valence electrons. The van der Waals surface area contributed by atoms with Crippen molar-refractivity contribution in [3.8, 4) is 0 Å². The van der Waals surface area contributed by atoms with E-state index in [1.165, 1.54) is 0 Å². The van der Waals surface area contributed by atoms with Crippen molar-refractivity contribution in [3.05, 3.63) is 35.4 Å². The maximum atomic E-state index is 12.4. The first-order chi connectivity index (χ1) is 11.0. The first-order valence-electron chi connectivity index (χ1n) is 8.36. The largest absolute Gasteiger partial charge is 0.353 e. The lowest BCUT2D eigenvalue weighted by atomic mass is 10.0. The number of benzene rings is 1. The second-order valence-electron chi connectivity index (χ2n) is 6.52. The van der Waals surface area contributed by atoms with E-state index >= 15 is 0 Å². The normalized spacial score (nSPS) is 16.2. The van der Waals surface area contributed by atoms with Gasteiger partial charge < -0.3 is 16.0 Å². The van der Waals surface area contributed by atoms with Gasteiger partial charge >= 0.3 is 0 Å². The average molecular weight is 354 g/mol. The summed E-state index contributed by atoms with van der Waals surface area (Å²) < 4.78 is 0. The van der Waals surface area contributed by atoms with Crippen LogP contribution in [0.15, 0.2) is 24.3 Å². The minimum atomic E-state index is 0. The Balaban J connectivity index is 0.00000288. The number of rotatable bonds is 5. The molecule has 0 spiro atoms. The van der Waals surface area contributed by atoms with Crippen LogP contribution in [0.2, 0.25) is 0 Å². The Morgan fingerprint density at radius 3 is 2.38 bits per heavy atom. The van der Waals surface area contributed by atoms with Crippen molar-refractivity contribution in [2.45, 2.75) is 51.6 Å². The first kappa shape index (κ1) is 20.5. The third-order valence-corrected chi connectivity index (χ3v) is 4.27. The Bertz CT molecular complexity index is 538. The lowest BCUT2D eigenvalue weighted by Crippen LogP contribution is -2.46. The van der Waals surface area contributed by atoms with E-state index < -0.39 is 0 Å². The topological polar surface area (TPSA) is 75.4 Å². The Labute approximate surface area is 150 Å². The molecule has 0 aromatic heterocycles. The number of carbonyl (C=O) groups excluding carboxylic acids is 2. The van der Waals surface area contributed by atoms with Crippen LogP contribution in [-0.2, 0) is 4.79 Å². The SMILES string of the molecule is Cc1ccc(C(=O)N2CCC(NC(=O)CCC(C)N)CC2)cc1.Cl. The summed E-state index contributed by atoms with van der Waals surface area (Å²) in [6.07, 6.45) is 2.79. The van der Waals surface area contributed by atoms with Crippen molar-refractivity contribution in [2.24, 2.45) is 5.73 Å². The fourth-order valence-corrected chi connectivity index (χ4v) is 2.76. The first-order valence-corrected chi connectivity index (χ1v) is 8.36. The summed E-state index contributed by atoms with van der Waals surface area (Å²) in [5, 5.41) is 3.05. The minimum absolute atomic E-state index is 0. The van der Waals surface area contributed by atoms with Gasteiger partial charge in [0, 0.05) is 37.2 Å². The Kier molecular flexibility index (Phi) is 8.22. The van der Waals surface area contributed by atoms with Crippen molar-refractivity contribution >= 4 is 24.2 Å². The van der Waals surface area contributed by atoms with Crippen molar-refractivity contribution in [2.75, 3.05) is 13.1 Å². The molecule has 1 aliphatic heterocycles. The Morgan fingerprint density at radius 2 is 1.83 bits per heavy atom. The van der Waals surface area contributed by atoms with Crippen LogP contribution in [0.4, 0.5) is 0 Å². The van der Waals surface area contributed by atoms with Gasteiger partial charge in [0.25, 0.3) is 5.91 Å². The highest BCUT2D eigenvalue weighted by Crippen LogP contribution is 2.15. The smallest absolute Gasteiger partial charge is 0.253 e. The molecule has 2 amide bonds. The zero-order valence-electron chi connectivity index (χ0n) is 14.5. The molecule has 1 heterocycles. The summed E-state index contributed by atoms with van der Waals surface area (Å²) in [5.41, 5.74) is 7.55. The van der Waals surface area contributed by atoms with Gasteiger partial charge in [0.15, 0.2) is 0 Å². The molecule has 1 unspecified atom stereocenters. The monoisotopic (exact) mass is 353 g/mol. The molecule has 1 aromatic carbocycles. The van der Waals surface area contributed by atoms with E-state index in [0.717, 1.165) is 24.0 Å². The predicted octanol–water partition coefficient (Wildman–Crippen LogP) is 2.27. The molecule has 0 radical (unpaired) electrons. The van der Waals surface area contributed by atoms with Crippen molar-refractivity contribution < 1.29 is 9.59 Å². The number of hydrogen-bond donors (Lipinski definition) is 2. The third-order valence-electron chi connectivity index (χ3n) is 4.27. The standard InChI is InChI=1S/C18H27N3O2.ClH/c1-13-3-6-15(7-4-13)18(23)21-11-9-16(10-12-21)20-17(22)8-5-14(2)19;/h3-4,6-7,14,16H,5,8-12,19H2,1-2H3,(H,20,22);1H. The van der Waals surface area contributed by atoms with E-state index in [4.69, 9.17) is 5.73 Å². The fraction of sp³-hybridized carbons (Fsp3) is 0.556. The molecule has 1 saturated heterocycles. The van der Waals surface area contributed by atoms with Gasteiger partial charge in [-0.25, -0.2) is 0 Å². The van der Waals surface area contributed by atoms with E-state index in [-0.39, 0.29) is 36.3 Å². The maximum absolute atomic E-state index is 12.4. The molecule has 1 aromatic rings. The second kappa shape index (κ2) is 9.64. The second-order valence-corrected chi connectivity index (χ2v) is 6.52. The zero-order valence-corrected chi connectivity index (χ0v) is 15.3. The lowest BCUT2D eigenvalue weighted by Gasteiger charge is -2.32. The van der Waals surface area contributed by atoms with Crippen LogP contribution in [0.1, 0.15) is 48.5 Å². The predicted molar refractivity (Wildman–Crippen MR) is 98.4 cm³/mol. The van der Waals surface area contributed by atoms with Crippen LogP contribution in [-0.4, -0.2) is 41.9 Å². The van der Waals surface area contributed by atoms with Crippen LogP contribution in [0, 0.1) is 6.92 Å². The molecule has 1 aliphatic rings. The van der Waals surface area contributed by atoms with E-state index in [0.29, 0.717) is 25.9 Å². The van der Waals surface area contributed by atoms with Gasteiger partial charge in [-0.05, 0) is 45.2 Å². The number of amides is 2. The Hall–Kier alpha value is -1.59. The summed E-state index contributed by atoms with van der Waals surface area (Å²) in [4.78, 5) is 26.1. The zero-order chi connectivity index (χ0) is 16.8. The van der Waals surface area contributed by atoms with Gasteiger partial charge in [0.1, 0.15) is 0 Å². The molecule has 0 bridgehead atoms. The number of nitrogens with zero attached hydrogens (tertiary/aromatic N) is 1. The van der Waals surface area contributed by atoms with Gasteiger partial charge in [-0.2, -0.15) is 0 Å². The molecular formula is C18H28ClN3O2. The van der Waals surface area contributed by atoms with E-state index in [9.17, 15) is 9.59 Å². The molecule has 0 aliphatic carbocycles. The van der Waals surface area contributed by atoms with Crippen molar-refractivity contribution in [1.29, 1.82) is 0 Å². The maximum Gasteiger partial charge on any atom is 0.253 e. The molecule has 5 nitrogen and oxygen atoms in total. The number of piperidine rings is 1. The number of aryl methyl sites for hydroxylation is 1. The molecule has 1 fully saturated rings. The van der Waals surface area contributed by atoms with Gasteiger partial charge in [0.2, 0.25) is 5.91 Å². The quantitative estimate of drug-likeness (QED) is 0.852. The number of likely N-dealkylation sites (tertiary alicyclic amines) is 1. The molecule has 24 heavy (non-hydrogen) atoms. The van der Waals surface area contributed by atoms with Crippen LogP contribution < -0.4 is 11.1 Å². The van der Waals surface area contributed by atoms with Crippen molar-refractivity contribution in [1.82, 2.24) is 10.2 Å².